The molecule has 0 saturated carbocycles. The molecule has 2 aromatic carbocycles. The molecule has 2 heterocycles. The Labute approximate surface area is 223 Å². The van der Waals surface area contributed by atoms with Crippen molar-refractivity contribution in [3.8, 4) is 17.1 Å². The first-order valence-electron chi connectivity index (χ1n) is 12.2. The van der Waals surface area contributed by atoms with Crippen molar-refractivity contribution in [2.24, 2.45) is 5.14 Å². The predicted octanol–water partition coefficient (Wildman–Crippen LogP) is 4.64. The van der Waals surface area contributed by atoms with Crippen LogP contribution in [-0.4, -0.2) is 57.8 Å². The fraction of sp³-hybridized carbons (Fsp3) is 0.423. The topological polar surface area (TPSA) is 108 Å². The third kappa shape index (κ3) is 7.78. The van der Waals surface area contributed by atoms with Crippen LogP contribution >= 0.6 is 0 Å². The van der Waals surface area contributed by atoms with Crippen LogP contribution in [0.25, 0.3) is 11.3 Å². The molecule has 0 bridgehead atoms. The molecule has 3 aromatic rings. The number of alkyl halides is 3. The van der Waals surface area contributed by atoms with Crippen LogP contribution in [0.2, 0.25) is 0 Å². The summed E-state index contributed by atoms with van der Waals surface area (Å²) in [6, 6.07) is 10.3. The maximum atomic E-state index is 13.4. The lowest BCUT2D eigenvalue weighted by Crippen LogP contribution is -2.34. The number of halogens is 4. The molecule has 39 heavy (non-hydrogen) atoms. The number of aromatic nitrogens is 1. The van der Waals surface area contributed by atoms with Crippen LogP contribution < -0.4 is 9.88 Å². The highest BCUT2D eigenvalue weighted by atomic mass is 32.2. The highest BCUT2D eigenvalue weighted by molar-refractivity contribution is 7.89. The van der Waals surface area contributed by atoms with Crippen molar-refractivity contribution in [1.29, 1.82) is 0 Å². The molecule has 212 valence electrons. The molecular formula is C26H29F4N3O5S. The number of hydrogen-bond donors (Lipinski definition) is 1. The number of ether oxygens (including phenoxy) is 2. The molecule has 13 heteroatoms. The SMILES string of the molecule is COc1ccc(CCN2CCC(c3nc(COCC(F)(F)F)c(-c4ccc(F)cc4)o3)CC2)cc1S(N)(=O)=O. The zero-order valence-corrected chi connectivity index (χ0v) is 22.0. The molecule has 0 spiro atoms. The second-order valence-electron chi connectivity index (χ2n) is 9.34. The van der Waals surface area contributed by atoms with Gasteiger partial charge in [-0.25, -0.2) is 22.9 Å². The Morgan fingerprint density at radius 1 is 1.13 bits per heavy atom. The average molecular weight is 572 g/mol. The van der Waals surface area contributed by atoms with Crippen molar-refractivity contribution >= 4 is 10.0 Å². The summed E-state index contributed by atoms with van der Waals surface area (Å²) in [6.07, 6.45) is -2.46. The van der Waals surface area contributed by atoms with Gasteiger partial charge < -0.3 is 18.8 Å². The fourth-order valence-electron chi connectivity index (χ4n) is 4.52. The molecule has 1 aromatic heterocycles. The van der Waals surface area contributed by atoms with E-state index in [9.17, 15) is 26.0 Å². The van der Waals surface area contributed by atoms with E-state index >= 15 is 0 Å². The summed E-state index contributed by atoms with van der Waals surface area (Å²) in [5, 5.41) is 5.31. The third-order valence-corrected chi connectivity index (χ3v) is 7.44. The molecule has 0 amide bonds. The van der Waals surface area contributed by atoms with Gasteiger partial charge >= 0.3 is 6.18 Å². The van der Waals surface area contributed by atoms with Gasteiger partial charge in [0.25, 0.3) is 0 Å². The molecule has 1 saturated heterocycles. The number of oxazole rings is 1. The maximum absolute atomic E-state index is 13.4. The quantitative estimate of drug-likeness (QED) is 0.354. The predicted molar refractivity (Wildman–Crippen MR) is 134 cm³/mol. The standard InChI is InChI=1S/C26H29F4N3O5S/c1-36-22-7-2-17(14-23(22)39(31,34)35)8-11-33-12-9-19(10-13-33)25-32-21(15-37-16-26(28,29)30)24(38-25)18-3-5-20(27)6-4-18/h2-7,14,19H,8-13,15-16H2,1H3,(H2,31,34,35). The molecular weight excluding hydrogens is 542 g/mol. The summed E-state index contributed by atoms with van der Waals surface area (Å²) in [5.41, 5.74) is 1.53. The lowest BCUT2D eigenvalue weighted by atomic mass is 9.96. The lowest BCUT2D eigenvalue weighted by Gasteiger charge is -2.30. The smallest absolute Gasteiger partial charge is 0.411 e. The molecule has 1 aliphatic heterocycles. The van der Waals surface area contributed by atoms with Crippen LogP contribution in [0.4, 0.5) is 17.6 Å². The summed E-state index contributed by atoms with van der Waals surface area (Å²) in [4.78, 5) is 6.64. The van der Waals surface area contributed by atoms with Crippen molar-refractivity contribution in [3.05, 3.63) is 65.4 Å². The first kappa shape index (κ1) is 29.0. The molecule has 0 atom stereocenters. The van der Waals surface area contributed by atoms with Gasteiger partial charge in [-0.2, -0.15) is 13.2 Å². The van der Waals surface area contributed by atoms with Crippen molar-refractivity contribution in [3.63, 3.8) is 0 Å². The van der Waals surface area contributed by atoms with E-state index in [1.165, 1.54) is 37.4 Å². The van der Waals surface area contributed by atoms with Gasteiger partial charge in [0.2, 0.25) is 10.0 Å². The number of piperidine rings is 1. The summed E-state index contributed by atoms with van der Waals surface area (Å²) in [7, 11) is -2.55. The number of primary sulfonamides is 1. The summed E-state index contributed by atoms with van der Waals surface area (Å²) >= 11 is 0. The molecule has 1 aliphatic rings. The fourth-order valence-corrected chi connectivity index (χ4v) is 5.27. The second-order valence-corrected chi connectivity index (χ2v) is 10.9. The minimum absolute atomic E-state index is 0.0493. The highest BCUT2D eigenvalue weighted by Crippen LogP contribution is 2.34. The largest absolute Gasteiger partial charge is 0.495 e. The number of sulfonamides is 1. The van der Waals surface area contributed by atoms with Crippen molar-refractivity contribution < 1.29 is 39.9 Å². The van der Waals surface area contributed by atoms with Gasteiger partial charge in [0.1, 0.15) is 28.8 Å². The van der Waals surface area contributed by atoms with Crippen LogP contribution in [0, 0.1) is 5.82 Å². The van der Waals surface area contributed by atoms with Gasteiger partial charge in [-0.05, 0) is 74.3 Å². The molecule has 0 radical (unpaired) electrons. The molecule has 2 N–H and O–H groups in total. The van der Waals surface area contributed by atoms with Crippen LogP contribution in [0.15, 0.2) is 51.8 Å². The summed E-state index contributed by atoms with van der Waals surface area (Å²) in [5.74, 6) is 0.367. The molecule has 8 nitrogen and oxygen atoms in total. The maximum Gasteiger partial charge on any atom is 0.411 e. The van der Waals surface area contributed by atoms with Crippen LogP contribution in [0.5, 0.6) is 5.75 Å². The first-order chi connectivity index (χ1) is 18.4. The van der Waals surface area contributed by atoms with Gasteiger partial charge in [0, 0.05) is 18.0 Å². The normalized spacial score (nSPS) is 15.5. The van der Waals surface area contributed by atoms with Gasteiger partial charge in [0.15, 0.2) is 11.7 Å². The van der Waals surface area contributed by atoms with E-state index in [1.54, 1.807) is 12.1 Å². The van der Waals surface area contributed by atoms with E-state index in [0.717, 1.165) is 18.7 Å². The summed E-state index contributed by atoms with van der Waals surface area (Å²) < 4.78 is 90.8. The summed E-state index contributed by atoms with van der Waals surface area (Å²) in [6.45, 7) is 0.320. The zero-order chi connectivity index (χ0) is 28.2. The van der Waals surface area contributed by atoms with E-state index in [4.69, 9.17) is 19.0 Å². The Morgan fingerprint density at radius 3 is 2.44 bits per heavy atom. The van der Waals surface area contributed by atoms with Gasteiger partial charge in [-0.1, -0.05) is 6.07 Å². The van der Waals surface area contributed by atoms with Crippen molar-refractivity contribution in [2.45, 2.75) is 42.9 Å². The molecule has 0 unspecified atom stereocenters. The first-order valence-corrected chi connectivity index (χ1v) is 13.8. The number of rotatable bonds is 10. The van der Waals surface area contributed by atoms with E-state index in [-0.39, 0.29) is 28.0 Å². The van der Waals surface area contributed by atoms with Crippen molar-refractivity contribution in [2.75, 3.05) is 33.4 Å². The third-order valence-electron chi connectivity index (χ3n) is 6.51. The van der Waals surface area contributed by atoms with Gasteiger partial charge in [-0.15, -0.1) is 0 Å². The lowest BCUT2D eigenvalue weighted by molar-refractivity contribution is -0.176. The Balaban J connectivity index is 1.40. The molecule has 1 fully saturated rings. The minimum atomic E-state index is -4.47. The number of hydrogen-bond acceptors (Lipinski definition) is 7. The molecule has 4 rings (SSSR count). The molecule has 0 aliphatic carbocycles. The Morgan fingerprint density at radius 2 is 1.82 bits per heavy atom. The van der Waals surface area contributed by atoms with Gasteiger partial charge in [-0.3, -0.25) is 0 Å². The van der Waals surface area contributed by atoms with E-state index in [1.807, 2.05) is 0 Å². The van der Waals surface area contributed by atoms with Crippen LogP contribution in [-0.2, 0) is 27.8 Å². The van der Waals surface area contributed by atoms with E-state index in [2.05, 4.69) is 9.88 Å². The number of nitrogens with two attached hydrogens (primary N) is 1. The van der Waals surface area contributed by atoms with Gasteiger partial charge in [0.05, 0.1) is 13.7 Å². The zero-order valence-electron chi connectivity index (χ0n) is 21.2. The highest BCUT2D eigenvalue weighted by Gasteiger charge is 2.30. The second kappa shape index (κ2) is 12.0. The number of benzene rings is 2. The van der Waals surface area contributed by atoms with Crippen LogP contribution in [0.3, 0.4) is 0 Å². The average Bonchev–Trinajstić information content (AvgIpc) is 3.31. The minimum Gasteiger partial charge on any atom is -0.495 e. The van der Waals surface area contributed by atoms with Crippen molar-refractivity contribution in [1.82, 2.24) is 9.88 Å². The monoisotopic (exact) mass is 571 g/mol. The Kier molecular flexibility index (Phi) is 8.94. The van der Waals surface area contributed by atoms with E-state index in [0.29, 0.717) is 37.3 Å². The Hall–Kier alpha value is -3.00. The number of methoxy groups -OCH3 is 1. The Bertz CT molecular complexity index is 1370. The number of likely N-dealkylation sites (tertiary alicyclic amines) is 1. The van der Waals surface area contributed by atoms with Crippen LogP contribution in [0.1, 0.15) is 35.9 Å². The van der Waals surface area contributed by atoms with E-state index < -0.39 is 35.2 Å². The number of nitrogens with zero attached hydrogens (tertiary/aromatic N) is 2.